The molecule has 0 amide bonds. The van der Waals surface area contributed by atoms with Gasteiger partial charge in [0.05, 0.1) is 11.4 Å². The summed E-state index contributed by atoms with van der Waals surface area (Å²) in [6.45, 7) is 8.80. The van der Waals surface area contributed by atoms with E-state index in [1.54, 1.807) is 11.3 Å². The zero-order chi connectivity index (χ0) is 17.6. The van der Waals surface area contributed by atoms with Gasteiger partial charge in [-0.05, 0) is 31.0 Å². The lowest BCUT2D eigenvalue weighted by molar-refractivity contribution is 0.622. The molecule has 0 unspecified atom stereocenters. The van der Waals surface area contributed by atoms with E-state index < -0.39 is 0 Å². The fraction of sp³-hybridized carbons (Fsp3) is 0.227. The maximum Gasteiger partial charge on any atom is 0.194 e. The maximum atomic E-state index is 4.94. The molecule has 0 aliphatic heterocycles. The van der Waals surface area contributed by atoms with Gasteiger partial charge in [-0.15, -0.1) is 23.7 Å². The van der Waals surface area contributed by atoms with Gasteiger partial charge in [-0.2, -0.15) is 0 Å². The molecule has 0 spiro atoms. The number of nitrogens with zero attached hydrogens (tertiary/aromatic N) is 2. The van der Waals surface area contributed by atoms with Gasteiger partial charge < -0.3 is 0 Å². The molecule has 0 saturated carbocycles. The molecule has 2 nitrogen and oxygen atoms in total. The Morgan fingerprint density at radius 3 is 2.46 bits per heavy atom. The Morgan fingerprint density at radius 1 is 1.00 bits per heavy atom. The van der Waals surface area contributed by atoms with Gasteiger partial charge in [-0.3, -0.25) is 4.40 Å². The maximum absolute atomic E-state index is 4.94. The topological polar surface area (TPSA) is 17.3 Å². The van der Waals surface area contributed by atoms with Gasteiger partial charge in [-0.1, -0.05) is 61.9 Å². The van der Waals surface area contributed by atoms with E-state index in [1.165, 1.54) is 27.9 Å². The van der Waals surface area contributed by atoms with Gasteiger partial charge in [0.25, 0.3) is 0 Å². The fourth-order valence-electron chi connectivity index (χ4n) is 3.29. The standard InChI is InChI=1S/C22H22N2S.ClH/c1-15-10-11-16(2)18(12-15)19-14-25-21-23-20(13-24(19)21)22(3,4)17-8-6-5-7-9-17;/h5-14H,1-4H3;1H. The molecular formula is C22H23ClN2S. The summed E-state index contributed by atoms with van der Waals surface area (Å²) < 4.78 is 2.24. The van der Waals surface area contributed by atoms with Crippen LogP contribution in [0.5, 0.6) is 0 Å². The first-order chi connectivity index (χ1) is 12.0. The Morgan fingerprint density at radius 2 is 1.73 bits per heavy atom. The zero-order valence-electron chi connectivity index (χ0n) is 15.5. The zero-order valence-corrected chi connectivity index (χ0v) is 17.1. The van der Waals surface area contributed by atoms with Crippen LogP contribution in [-0.4, -0.2) is 9.38 Å². The molecule has 0 N–H and O–H groups in total. The van der Waals surface area contributed by atoms with Crippen LogP contribution in [-0.2, 0) is 5.41 Å². The number of imidazole rings is 1. The Hall–Kier alpha value is -2.10. The molecule has 0 radical (unpaired) electrons. The number of rotatable bonds is 3. The minimum absolute atomic E-state index is 0. The third kappa shape index (κ3) is 3.06. The van der Waals surface area contributed by atoms with Crippen LogP contribution in [0.4, 0.5) is 0 Å². The molecule has 0 bridgehead atoms. The van der Waals surface area contributed by atoms with E-state index in [-0.39, 0.29) is 17.8 Å². The van der Waals surface area contributed by atoms with Gasteiger partial charge in [0.1, 0.15) is 0 Å². The second-order valence-corrected chi connectivity index (χ2v) is 8.05. The van der Waals surface area contributed by atoms with E-state index in [0.717, 1.165) is 10.7 Å². The number of hydrogen-bond donors (Lipinski definition) is 0. The van der Waals surface area contributed by atoms with Crippen LogP contribution < -0.4 is 0 Å². The molecule has 0 aliphatic rings. The molecular weight excluding hydrogens is 360 g/mol. The normalized spacial score (nSPS) is 11.5. The summed E-state index contributed by atoms with van der Waals surface area (Å²) in [4.78, 5) is 5.99. The highest BCUT2D eigenvalue weighted by atomic mass is 35.5. The van der Waals surface area contributed by atoms with Crippen molar-refractivity contribution in [3.63, 3.8) is 0 Å². The third-order valence-corrected chi connectivity index (χ3v) is 5.85. The highest BCUT2D eigenvalue weighted by Crippen LogP contribution is 2.35. The van der Waals surface area contributed by atoms with Crippen LogP contribution in [0, 0.1) is 13.8 Å². The highest BCUT2D eigenvalue weighted by molar-refractivity contribution is 7.15. The summed E-state index contributed by atoms with van der Waals surface area (Å²) >= 11 is 1.71. The number of halogens is 1. The lowest BCUT2D eigenvalue weighted by Gasteiger charge is -2.22. The molecule has 2 aromatic carbocycles. The van der Waals surface area contributed by atoms with Crippen molar-refractivity contribution in [2.45, 2.75) is 33.1 Å². The number of thiazole rings is 1. The first kappa shape index (κ1) is 18.7. The van der Waals surface area contributed by atoms with Gasteiger partial charge in [0.15, 0.2) is 4.96 Å². The van der Waals surface area contributed by atoms with E-state index >= 15 is 0 Å². The van der Waals surface area contributed by atoms with Crippen molar-refractivity contribution in [1.29, 1.82) is 0 Å². The molecule has 4 aromatic rings. The number of hydrogen-bond acceptors (Lipinski definition) is 2. The monoisotopic (exact) mass is 382 g/mol. The van der Waals surface area contributed by atoms with Crippen molar-refractivity contribution < 1.29 is 0 Å². The molecule has 134 valence electrons. The highest BCUT2D eigenvalue weighted by Gasteiger charge is 2.27. The molecule has 26 heavy (non-hydrogen) atoms. The Kier molecular flexibility index (Phi) is 4.96. The summed E-state index contributed by atoms with van der Waals surface area (Å²) in [7, 11) is 0. The van der Waals surface area contributed by atoms with Crippen LogP contribution in [0.15, 0.2) is 60.1 Å². The van der Waals surface area contributed by atoms with Crippen molar-refractivity contribution in [3.8, 4) is 11.3 Å². The van der Waals surface area contributed by atoms with Crippen LogP contribution in [0.3, 0.4) is 0 Å². The Labute approximate surface area is 165 Å². The lowest BCUT2D eigenvalue weighted by atomic mass is 9.82. The molecule has 0 saturated heterocycles. The predicted octanol–water partition coefficient (Wildman–Crippen LogP) is 6.43. The molecule has 4 rings (SSSR count). The minimum atomic E-state index is -0.119. The molecule has 4 heteroatoms. The van der Waals surface area contributed by atoms with Crippen molar-refractivity contribution >= 4 is 28.7 Å². The molecule has 2 aromatic heterocycles. The summed E-state index contributed by atoms with van der Waals surface area (Å²) in [6.07, 6.45) is 2.20. The summed E-state index contributed by atoms with van der Waals surface area (Å²) in [5.41, 5.74) is 7.36. The van der Waals surface area contributed by atoms with E-state index in [1.807, 2.05) is 0 Å². The van der Waals surface area contributed by atoms with Gasteiger partial charge >= 0.3 is 0 Å². The molecule has 2 heterocycles. The van der Waals surface area contributed by atoms with Crippen molar-refractivity contribution in [2.75, 3.05) is 0 Å². The summed E-state index contributed by atoms with van der Waals surface area (Å²) in [5, 5.41) is 2.21. The SMILES string of the molecule is Cc1ccc(C)c(-c2csc3nc(C(C)(C)c4ccccc4)cn23)c1.Cl. The number of fused-ring (bicyclic) bond motifs is 1. The summed E-state index contributed by atoms with van der Waals surface area (Å²) in [5.74, 6) is 0. The Bertz CT molecular complexity index is 1040. The van der Waals surface area contributed by atoms with E-state index in [9.17, 15) is 0 Å². The van der Waals surface area contributed by atoms with Gasteiger partial charge in [-0.25, -0.2) is 4.98 Å². The van der Waals surface area contributed by atoms with E-state index in [4.69, 9.17) is 4.98 Å². The smallest absolute Gasteiger partial charge is 0.194 e. The van der Waals surface area contributed by atoms with E-state index in [0.29, 0.717) is 0 Å². The van der Waals surface area contributed by atoms with Gasteiger partial charge in [0, 0.05) is 22.6 Å². The first-order valence-electron chi connectivity index (χ1n) is 8.57. The van der Waals surface area contributed by atoms with Crippen LogP contribution >= 0.6 is 23.7 Å². The lowest BCUT2D eigenvalue weighted by Crippen LogP contribution is -2.19. The largest absolute Gasteiger partial charge is 0.290 e. The van der Waals surface area contributed by atoms with Gasteiger partial charge in [0.2, 0.25) is 0 Å². The average Bonchev–Trinajstić information content (AvgIpc) is 3.19. The van der Waals surface area contributed by atoms with Crippen molar-refractivity contribution in [2.24, 2.45) is 0 Å². The van der Waals surface area contributed by atoms with Crippen molar-refractivity contribution in [1.82, 2.24) is 9.38 Å². The number of aryl methyl sites for hydroxylation is 2. The first-order valence-corrected chi connectivity index (χ1v) is 9.45. The third-order valence-electron chi connectivity index (χ3n) is 5.01. The van der Waals surface area contributed by atoms with Crippen LogP contribution in [0.25, 0.3) is 16.2 Å². The number of benzene rings is 2. The molecule has 0 aliphatic carbocycles. The molecule has 0 fully saturated rings. The van der Waals surface area contributed by atoms with Crippen LogP contribution in [0.2, 0.25) is 0 Å². The second-order valence-electron chi connectivity index (χ2n) is 7.21. The molecule has 0 atom stereocenters. The van der Waals surface area contributed by atoms with E-state index in [2.05, 4.69) is 92.2 Å². The average molecular weight is 383 g/mol. The minimum Gasteiger partial charge on any atom is -0.290 e. The summed E-state index contributed by atoms with van der Waals surface area (Å²) in [6, 6.07) is 17.2. The van der Waals surface area contributed by atoms with Crippen molar-refractivity contribution in [3.05, 3.63) is 82.5 Å². The fourth-order valence-corrected chi connectivity index (χ4v) is 4.17. The predicted molar refractivity (Wildman–Crippen MR) is 114 cm³/mol. The number of aromatic nitrogens is 2. The Balaban J connectivity index is 0.00000196. The van der Waals surface area contributed by atoms with Crippen LogP contribution in [0.1, 0.15) is 36.2 Å². The quantitative estimate of drug-likeness (QED) is 0.399. The second kappa shape index (κ2) is 6.90.